The third kappa shape index (κ3) is 2.76. The largest absolute Gasteiger partial charge is 0.351 e. The van der Waals surface area contributed by atoms with Gasteiger partial charge in [0, 0.05) is 23.8 Å². The molecule has 6 heteroatoms. The summed E-state index contributed by atoms with van der Waals surface area (Å²) in [6, 6.07) is 22.7. The number of hydrogen-bond donors (Lipinski definition) is 1. The van der Waals surface area contributed by atoms with E-state index in [1.807, 2.05) is 72.8 Å². The van der Waals surface area contributed by atoms with Crippen LogP contribution in [0.25, 0.3) is 27.6 Å². The molecule has 0 saturated heterocycles. The van der Waals surface area contributed by atoms with E-state index in [1.54, 1.807) is 18.7 Å². The highest BCUT2D eigenvalue weighted by Crippen LogP contribution is 2.30. The maximum atomic E-state index is 13.3. The number of nitrogens with zero attached hydrogens (tertiary/aromatic N) is 2. The van der Waals surface area contributed by atoms with E-state index < -0.39 is 10.9 Å². The first kappa shape index (κ1) is 18.8. The van der Waals surface area contributed by atoms with Crippen molar-refractivity contribution >= 4 is 22.1 Å². The molecule has 4 aromatic carbocycles. The Bertz CT molecular complexity index is 1580. The maximum Gasteiger partial charge on any atom is 0.279 e. The van der Waals surface area contributed by atoms with Gasteiger partial charge in [0.1, 0.15) is 5.69 Å². The molecule has 0 aliphatic rings. The third-order valence-corrected chi connectivity index (χ3v) is 5.76. The van der Waals surface area contributed by atoms with Crippen molar-refractivity contribution in [3.05, 3.63) is 109 Å². The summed E-state index contributed by atoms with van der Waals surface area (Å²) in [5.41, 5.74) is 0.971. The normalized spacial score (nSPS) is 11.3. The van der Waals surface area contributed by atoms with Crippen molar-refractivity contribution < 1.29 is 0 Å². The van der Waals surface area contributed by atoms with E-state index in [2.05, 4.69) is 5.32 Å². The summed E-state index contributed by atoms with van der Waals surface area (Å²) in [6.07, 6.45) is 0. The van der Waals surface area contributed by atoms with Gasteiger partial charge in [0.15, 0.2) is 0 Å². The van der Waals surface area contributed by atoms with Crippen LogP contribution in [0.2, 0.25) is 0 Å². The summed E-state index contributed by atoms with van der Waals surface area (Å²) in [7, 11) is 1.76. The molecule has 0 aliphatic heterocycles. The maximum absolute atomic E-state index is 13.3. The second-order valence-electron chi connectivity index (χ2n) is 7.50. The number of hydrogen-bond acceptors (Lipinski definition) is 4. The standard InChI is InChI=1S/C25H19N3O3/c1-15-20(25(31)28(27(15)2)17-11-4-3-5-12-17)21-22(24(30)23(21)29)26-19-14-8-10-16-9-6-7-13-18(16)19/h3-14,26H,1-2H3. The predicted octanol–water partition coefficient (Wildman–Crippen LogP) is 3.64. The van der Waals surface area contributed by atoms with Crippen molar-refractivity contribution in [2.75, 3.05) is 5.32 Å². The van der Waals surface area contributed by atoms with E-state index >= 15 is 0 Å². The van der Waals surface area contributed by atoms with Crippen LogP contribution in [-0.4, -0.2) is 9.36 Å². The molecule has 1 heterocycles. The Balaban J connectivity index is 1.68. The van der Waals surface area contributed by atoms with Crippen LogP contribution >= 0.6 is 0 Å². The first-order chi connectivity index (χ1) is 15.0. The van der Waals surface area contributed by atoms with Crippen LogP contribution in [0.3, 0.4) is 0 Å². The molecule has 1 N–H and O–H groups in total. The van der Waals surface area contributed by atoms with E-state index in [0.717, 1.165) is 10.8 Å². The number of aromatic nitrogens is 2. The summed E-state index contributed by atoms with van der Waals surface area (Å²) in [5.74, 6) is 0. The fourth-order valence-electron chi connectivity index (χ4n) is 4.07. The minimum absolute atomic E-state index is 0.144. The second kappa shape index (κ2) is 6.95. The minimum atomic E-state index is -0.645. The molecule has 0 atom stereocenters. The van der Waals surface area contributed by atoms with Gasteiger partial charge >= 0.3 is 0 Å². The summed E-state index contributed by atoms with van der Waals surface area (Å²) in [4.78, 5) is 38.4. The van der Waals surface area contributed by atoms with Crippen molar-refractivity contribution in [2.24, 2.45) is 7.05 Å². The van der Waals surface area contributed by atoms with Gasteiger partial charge < -0.3 is 5.32 Å². The molecule has 0 saturated carbocycles. The monoisotopic (exact) mass is 409 g/mol. The highest BCUT2D eigenvalue weighted by molar-refractivity contribution is 5.97. The first-order valence-electron chi connectivity index (χ1n) is 9.91. The number of nitrogens with one attached hydrogen (secondary N) is 1. The highest BCUT2D eigenvalue weighted by Gasteiger charge is 2.29. The number of para-hydroxylation sites is 1. The van der Waals surface area contributed by atoms with Gasteiger partial charge in [-0.2, -0.15) is 0 Å². The molecular formula is C25H19N3O3. The zero-order valence-corrected chi connectivity index (χ0v) is 17.0. The molecule has 0 fully saturated rings. The summed E-state index contributed by atoms with van der Waals surface area (Å²) in [6.45, 7) is 1.77. The zero-order chi connectivity index (χ0) is 21.7. The van der Waals surface area contributed by atoms with Crippen molar-refractivity contribution in [3.8, 4) is 16.8 Å². The van der Waals surface area contributed by atoms with Crippen LogP contribution in [0.15, 0.2) is 87.2 Å². The Hall–Kier alpha value is -4.19. The van der Waals surface area contributed by atoms with E-state index in [-0.39, 0.29) is 22.4 Å². The van der Waals surface area contributed by atoms with Crippen LogP contribution in [0.1, 0.15) is 5.69 Å². The lowest BCUT2D eigenvalue weighted by Crippen LogP contribution is -2.37. The molecule has 0 aliphatic carbocycles. The molecule has 5 aromatic rings. The van der Waals surface area contributed by atoms with Crippen molar-refractivity contribution in [1.82, 2.24) is 9.36 Å². The summed E-state index contributed by atoms with van der Waals surface area (Å²) in [5, 5.41) is 5.06. The number of fused-ring (bicyclic) bond motifs is 1. The lowest BCUT2D eigenvalue weighted by Gasteiger charge is -2.14. The molecule has 1 aromatic heterocycles. The smallest absolute Gasteiger partial charge is 0.279 e. The Morgan fingerprint density at radius 2 is 1.42 bits per heavy atom. The molecule has 152 valence electrons. The molecule has 0 radical (unpaired) electrons. The fraction of sp³-hybridized carbons (Fsp3) is 0.0800. The van der Waals surface area contributed by atoms with Gasteiger partial charge in [-0.05, 0) is 30.5 Å². The molecule has 0 amide bonds. The zero-order valence-electron chi connectivity index (χ0n) is 17.0. The first-order valence-corrected chi connectivity index (χ1v) is 9.91. The Morgan fingerprint density at radius 3 is 2.19 bits per heavy atom. The average molecular weight is 409 g/mol. The van der Waals surface area contributed by atoms with Gasteiger partial charge in [-0.1, -0.05) is 54.6 Å². The Kier molecular flexibility index (Phi) is 4.22. The van der Waals surface area contributed by atoms with Gasteiger partial charge in [-0.3, -0.25) is 19.1 Å². The van der Waals surface area contributed by atoms with Gasteiger partial charge in [-0.25, -0.2) is 4.68 Å². The quantitative estimate of drug-likeness (QED) is 0.460. The number of rotatable bonds is 4. The van der Waals surface area contributed by atoms with Crippen LogP contribution in [0.5, 0.6) is 0 Å². The van der Waals surface area contributed by atoms with Gasteiger partial charge in [0.25, 0.3) is 11.0 Å². The van der Waals surface area contributed by atoms with Crippen LogP contribution in [0.4, 0.5) is 11.4 Å². The minimum Gasteiger partial charge on any atom is -0.351 e. The Morgan fingerprint density at radius 1 is 0.742 bits per heavy atom. The molecule has 0 spiro atoms. The Labute approximate surface area is 177 Å². The van der Waals surface area contributed by atoms with E-state index in [9.17, 15) is 14.4 Å². The fourth-order valence-corrected chi connectivity index (χ4v) is 4.07. The molecule has 6 nitrogen and oxygen atoms in total. The predicted molar refractivity (Wildman–Crippen MR) is 123 cm³/mol. The molecule has 31 heavy (non-hydrogen) atoms. The molecular weight excluding hydrogens is 390 g/mol. The lowest BCUT2D eigenvalue weighted by atomic mass is 9.98. The summed E-state index contributed by atoms with van der Waals surface area (Å²) >= 11 is 0. The van der Waals surface area contributed by atoms with Gasteiger partial charge in [-0.15, -0.1) is 0 Å². The number of benzene rings is 3. The molecule has 0 bridgehead atoms. The molecule has 0 unspecified atom stereocenters. The van der Waals surface area contributed by atoms with Gasteiger partial charge in [0.2, 0.25) is 5.43 Å². The second-order valence-corrected chi connectivity index (χ2v) is 7.50. The SMILES string of the molecule is Cc1c(-c2c(Nc3cccc4ccccc34)c(=O)c2=O)c(=O)n(-c2ccccc2)n1C. The van der Waals surface area contributed by atoms with Crippen molar-refractivity contribution in [3.63, 3.8) is 0 Å². The van der Waals surface area contributed by atoms with E-state index in [0.29, 0.717) is 17.1 Å². The molecule has 5 rings (SSSR count). The van der Waals surface area contributed by atoms with Crippen LogP contribution in [0, 0.1) is 6.92 Å². The van der Waals surface area contributed by atoms with Crippen LogP contribution < -0.4 is 21.7 Å². The number of anilines is 2. The lowest BCUT2D eigenvalue weighted by molar-refractivity contribution is 0.630. The van der Waals surface area contributed by atoms with E-state index in [1.165, 1.54) is 4.68 Å². The third-order valence-electron chi connectivity index (χ3n) is 5.76. The van der Waals surface area contributed by atoms with Crippen LogP contribution in [-0.2, 0) is 7.05 Å². The van der Waals surface area contributed by atoms with Crippen molar-refractivity contribution in [2.45, 2.75) is 6.92 Å². The van der Waals surface area contributed by atoms with E-state index in [4.69, 9.17) is 0 Å². The highest BCUT2D eigenvalue weighted by atomic mass is 16.2. The van der Waals surface area contributed by atoms with Gasteiger partial charge in [0.05, 0.1) is 16.8 Å². The topological polar surface area (TPSA) is 73.1 Å². The average Bonchev–Trinajstić information content (AvgIpc) is 3.02. The van der Waals surface area contributed by atoms with Crippen molar-refractivity contribution in [1.29, 1.82) is 0 Å². The summed E-state index contributed by atoms with van der Waals surface area (Å²) < 4.78 is 3.20.